The first-order valence-electron chi connectivity index (χ1n) is 5.70. The molecule has 0 radical (unpaired) electrons. The van der Waals surface area contributed by atoms with Crippen molar-refractivity contribution in [1.82, 2.24) is 4.98 Å². The molecule has 1 heterocycles. The number of benzene rings is 1. The minimum Gasteiger partial charge on any atom is -0.465 e. The third kappa shape index (κ3) is 2.01. The summed E-state index contributed by atoms with van der Waals surface area (Å²) in [6.07, 6.45) is 0. The second-order valence-corrected chi connectivity index (χ2v) is 4.37. The normalized spacial score (nSPS) is 10.4. The van der Waals surface area contributed by atoms with Crippen LogP contribution >= 0.6 is 0 Å². The molecule has 94 valence electrons. The molecule has 1 aromatic heterocycles. The van der Waals surface area contributed by atoms with Crippen LogP contribution in [-0.4, -0.2) is 32.2 Å². The van der Waals surface area contributed by atoms with E-state index in [1.54, 1.807) is 6.07 Å². The van der Waals surface area contributed by atoms with Crippen molar-refractivity contribution in [3.05, 3.63) is 35.5 Å². The highest BCUT2D eigenvalue weighted by Gasteiger charge is 2.14. The zero-order valence-corrected chi connectivity index (χ0v) is 11.0. The number of hydrogen-bond donors (Lipinski definition) is 0. The van der Waals surface area contributed by atoms with Gasteiger partial charge in [0.05, 0.1) is 18.2 Å². The number of pyridine rings is 1. The third-order valence-electron chi connectivity index (χ3n) is 2.83. The van der Waals surface area contributed by atoms with E-state index in [9.17, 15) is 4.79 Å². The molecule has 0 bridgehead atoms. The van der Waals surface area contributed by atoms with Gasteiger partial charge in [-0.25, -0.2) is 4.79 Å². The Morgan fingerprint density at radius 3 is 2.67 bits per heavy atom. The first-order chi connectivity index (χ1) is 8.54. The van der Waals surface area contributed by atoms with Crippen molar-refractivity contribution >= 4 is 22.6 Å². The van der Waals surface area contributed by atoms with E-state index in [4.69, 9.17) is 4.74 Å². The average molecular weight is 244 g/mol. The lowest BCUT2D eigenvalue weighted by Crippen LogP contribution is -2.11. The Balaban J connectivity index is 2.81. The average Bonchev–Trinajstić information content (AvgIpc) is 2.36. The van der Waals surface area contributed by atoms with Crippen LogP contribution in [0.3, 0.4) is 0 Å². The van der Waals surface area contributed by atoms with Gasteiger partial charge in [-0.2, -0.15) is 0 Å². The van der Waals surface area contributed by atoms with Crippen LogP contribution in [0.25, 0.3) is 10.9 Å². The van der Waals surface area contributed by atoms with Gasteiger partial charge in [-0.15, -0.1) is 0 Å². The van der Waals surface area contributed by atoms with Gasteiger partial charge in [0, 0.05) is 30.9 Å². The second-order valence-electron chi connectivity index (χ2n) is 4.37. The first-order valence-corrected chi connectivity index (χ1v) is 5.70. The highest BCUT2D eigenvalue weighted by Crippen LogP contribution is 2.27. The molecule has 0 saturated heterocycles. The number of aromatic nitrogens is 1. The summed E-state index contributed by atoms with van der Waals surface area (Å²) in [6, 6.07) is 7.55. The molecule has 0 aliphatic rings. The molecule has 0 atom stereocenters. The summed E-state index contributed by atoms with van der Waals surface area (Å²) in [4.78, 5) is 18.2. The van der Waals surface area contributed by atoms with Gasteiger partial charge in [0.25, 0.3) is 0 Å². The summed E-state index contributed by atoms with van der Waals surface area (Å²) in [5.41, 5.74) is 3.11. The van der Waals surface area contributed by atoms with Crippen LogP contribution in [0, 0.1) is 6.92 Å². The predicted molar refractivity (Wildman–Crippen MR) is 72.1 cm³/mol. The van der Waals surface area contributed by atoms with Gasteiger partial charge in [0.2, 0.25) is 0 Å². The molecule has 4 heteroatoms. The van der Waals surface area contributed by atoms with Gasteiger partial charge in [0.15, 0.2) is 0 Å². The fourth-order valence-corrected chi connectivity index (χ4v) is 2.00. The van der Waals surface area contributed by atoms with E-state index in [-0.39, 0.29) is 5.97 Å². The molecule has 2 aromatic rings. The molecule has 0 spiro atoms. The van der Waals surface area contributed by atoms with Gasteiger partial charge in [-0.3, -0.25) is 4.98 Å². The first kappa shape index (κ1) is 12.4. The molecule has 0 unspecified atom stereocenters. The predicted octanol–water partition coefficient (Wildman–Crippen LogP) is 2.40. The molecule has 0 amide bonds. The lowest BCUT2D eigenvalue weighted by atomic mass is 10.1. The summed E-state index contributed by atoms with van der Waals surface area (Å²) >= 11 is 0. The number of hydrogen-bond acceptors (Lipinski definition) is 4. The Morgan fingerprint density at radius 1 is 1.33 bits per heavy atom. The Bertz CT molecular complexity index is 606. The van der Waals surface area contributed by atoms with Crippen LogP contribution in [0.2, 0.25) is 0 Å². The lowest BCUT2D eigenvalue weighted by molar-refractivity contribution is 0.0603. The quantitative estimate of drug-likeness (QED) is 0.761. The van der Waals surface area contributed by atoms with E-state index in [2.05, 4.69) is 4.98 Å². The molecule has 0 aliphatic carbocycles. The Labute approximate surface area is 106 Å². The number of carbonyl (C=O) groups excluding carboxylic acids is 1. The van der Waals surface area contributed by atoms with Crippen molar-refractivity contribution in [2.24, 2.45) is 0 Å². The minimum atomic E-state index is -0.358. The van der Waals surface area contributed by atoms with E-state index in [0.29, 0.717) is 11.1 Å². The molecule has 1 aromatic carbocycles. The largest absolute Gasteiger partial charge is 0.465 e. The van der Waals surface area contributed by atoms with Gasteiger partial charge < -0.3 is 9.64 Å². The molecular weight excluding hydrogens is 228 g/mol. The number of methoxy groups -OCH3 is 1. The van der Waals surface area contributed by atoms with Crippen LogP contribution in [0.5, 0.6) is 0 Å². The summed E-state index contributed by atoms with van der Waals surface area (Å²) in [7, 11) is 5.32. The van der Waals surface area contributed by atoms with Crippen LogP contribution in [0.15, 0.2) is 24.3 Å². The van der Waals surface area contributed by atoms with Crippen molar-refractivity contribution in [2.75, 3.05) is 26.1 Å². The smallest absolute Gasteiger partial charge is 0.340 e. The minimum absolute atomic E-state index is 0.358. The monoisotopic (exact) mass is 244 g/mol. The topological polar surface area (TPSA) is 42.4 Å². The van der Waals surface area contributed by atoms with Crippen LogP contribution in [0.4, 0.5) is 5.69 Å². The molecule has 0 aliphatic heterocycles. The van der Waals surface area contributed by atoms with Gasteiger partial charge in [-0.05, 0) is 19.1 Å². The molecule has 2 rings (SSSR count). The number of para-hydroxylation sites is 1. The fraction of sp³-hybridized carbons (Fsp3) is 0.286. The third-order valence-corrected chi connectivity index (χ3v) is 2.83. The van der Waals surface area contributed by atoms with Crippen LogP contribution in [0.1, 0.15) is 16.1 Å². The number of rotatable bonds is 2. The number of carbonyl (C=O) groups is 1. The van der Waals surface area contributed by atoms with E-state index in [1.807, 2.05) is 44.1 Å². The highest BCUT2D eigenvalue weighted by atomic mass is 16.5. The summed E-state index contributed by atoms with van der Waals surface area (Å²) < 4.78 is 4.79. The van der Waals surface area contributed by atoms with Crippen molar-refractivity contribution < 1.29 is 9.53 Å². The molecular formula is C14H16N2O2. The van der Waals surface area contributed by atoms with Crippen molar-refractivity contribution in [2.45, 2.75) is 6.92 Å². The summed E-state index contributed by atoms with van der Waals surface area (Å²) in [6.45, 7) is 1.92. The second kappa shape index (κ2) is 4.64. The van der Waals surface area contributed by atoms with Crippen molar-refractivity contribution in [3.8, 4) is 0 Å². The maximum absolute atomic E-state index is 11.7. The zero-order chi connectivity index (χ0) is 13.3. The molecule has 0 saturated carbocycles. The van der Waals surface area contributed by atoms with Gasteiger partial charge >= 0.3 is 5.97 Å². The van der Waals surface area contributed by atoms with Gasteiger partial charge in [0.1, 0.15) is 0 Å². The van der Waals surface area contributed by atoms with E-state index < -0.39 is 0 Å². The molecule has 0 fully saturated rings. The highest BCUT2D eigenvalue weighted by molar-refractivity contribution is 6.06. The van der Waals surface area contributed by atoms with E-state index in [1.165, 1.54) is 7.11 Å². The SMILES string of the molecule is COC(=O)c1cccc2c(N(C)C)cc(C)nc12. The standard InChI is InChI=1S/C14H16N2O2/c1-9-8-12(16(2)3)10-6-5-7-11(13(10)15-9)14(17)18-4/h5-8H,1-4H3. The molecule has 0 N–H and O–H groups in total. The van der Waals surface area contributed by atoms with Crippen LogP contribution < -0.4 is 4.90 Å². The molecule has 18 heavy (non-hydrogen) atoms. The van der Waals surface area contributed by atoms with Crippen LogP contribution in [-0.2, 0) is 4.74 Å². The summed E-state index contributed by atoms with van der Waals surface area (Å²) in [5.74, 6) is -0.358. The number of aryl methyl sites for hydroxylation is 1. The Hall–Kier alpha value is -2.10. The Morgan fingerprint density at radius 2 is 2.06 bits per heavy atom. The zero-order valence-electron chi connectivity index (χ0n) is 11.0. The van der Waals surface area contributed by atoms with Crippen molar-refractivity contribution in [3.63, 3.8) is 0 Å². The summed E-state index contributed by atoms with van der Waals surface area (Å²) in [5, 5.41) is 0.952. The number of anilines is 1. The molecule has 4 nitrogen and oxygen atoms in total. The van der Waals surface area contributed by atoms with E-state index in [0.717, 1.165) is 16.8 Å². The number of fused-ring (bicyclic) bond motifs is 1. The van der Waals surface area contributed by atoms with Crippen molar-refractivity contribution in [1.29, 1.82) is 0 Å². The van der Waals surface area contributed by atoms with E-state index >= 15 is 0 Å². The lowest BCUT2D eigenvalue weighted by Gasteiger charge is -2.17. The number of esters is 1. The maximum atomic E-state index is 11.7. The number of ether oxygens (including phenoxy) is 1. The fourth-order valence-electron chi connectivity index (χ4n) is 2.00. The maximum Gasteiger partial charge on any atom is 0.340 e. The Kier molecular flexibility index (Phi) is 3.19. The number of nitrogens with zero attached hydrogens (tertiary/aromatic N) is 2. The van der Waals surface area contributed by atoms with Gasteiger partial charge in [-0.1, -0.05) is 12.1 Å².